The van der Waals surface area contributed by atoms with E-state index in [1.165, 1.54) is 37.8 Å². The number of hydrogen-bond donors (Lipinski definition) is 1. The zero-order chi connectivity index (χ0) is 15.2. The lowest BCUT2D eigenvalue weighted by molar-refractivity contribution is 0.280. The van der Waals surface area contributed by atoms with Crippen molar-refractivity contribution in [3.8, 4) is 0 Å². The van der Waals surface area contributed by atoms with Gasteiger partial charge in [-0.05, 0) is 57.9 Å². The molecule has 3 nitrogen and oxygen atoms in total. The van der Waals surface area contributed by atoms with Crippen molar-refractivity contribution in [1.82, 2.24) is 15.1 Å². The van der Waals surface area contributed by atoms with Crippen LogP contribution >= 0.6 is 11.6 Å². The Morgan fingerprint density at radius 3 is 2.76 bits per heavy atom. The Morgan fingerprint density at radius 2 is 2.10 bits per heavy atom. The summed E-state index contributed by atoms with van der Waals surface area (Å²) >= 11 is 6.55. The summed E-state index contributed by atoms with van der Waals surface area (Å²) in [7, 11) is 0. The predicted octanol–water partition coefficient (Wildman–Crippen LogP) is 4.22. The molecule has 0 saturated heterocycles. The molecule has 1 aromatic rings. The molecule has 0 radical (unpaired) electrons. The van der Waals surface area contributed by atoms with E-state index in [1.54, 1.807) is 0 Å². The molecule has 0 bridgehead atoms. The minimum Gasteiger partial charge on any atom is -0.314 e. The number of rotatable bonds is 7. The van der Waals surface area contributed by atoms with Crippen LogP contribution in [0.4, 0.5) is 0 Å². The summed E-state index contributed by atoms with van der Waals surface area (Å²) in [5, 5.41) is 9.26. The molecule has 1 aliphatic carbocycles. The summed E-state index contributed by atoms with van der Waals surface area (Å²) < 4.78 is 2.12. The lowest BCUT2D eigenvalue weighted by atomic mass is 9.83. The van der Waals surface area contributed by atoms with Crippen LogP contribution in [0.3, 0.4) is 0 Å². The summed E-state index contributed by atoms with van der Waals surface area (Å²) in [6.07, 6.45) is 8.51. The zero-order valence-electron chi connectivity index (χ0n) is 13.8. The molecule has 1 aromatic heterocycles. The lowest BCUT2D eigenvalue weighted by Gasteiger charge is -2.30. The molecule has 0 aromatic carbocycles. The summed E-state index contributed by atoms with van der Waals surface area (Å²) in [6.45, 7) is 8.57. The molecule has 1 heterocycles. The second kappa shape index (κ2) is 8.19. The molecule has 1 fully saturated rings. The third-order valence-corrected chi connectivity index (χ3v) is 5.08. The Labute approximate surface area is 134 Å². The van der Waals surface area contributed by atoms with Crippen molar-refractivity contribution in [2.45, 2.75) is 78.3 Å². The second-order valence-corrected chi connectivity index (χ2v) is 6.64. The monoisotopic (exact) mass is 311 g/mol. The fourth-order valence-corrected chi connectivity index (χ4v) is 3.84. The van der Waals surface area contributed by atoms with E-state index in [0.717, 1.165) is 42.6 Å². The van der Waals surface area contributed by atoms with Gasteiger partial charge in [-0.15, -0.1) is 0 Å². The summed E-state index contributed by atoms with van der Waals surface area (Å²) in [6, 6.07) is 0.700. The van der Waals surface area contributed by atoms with Crippen molar-refractivity contribution < 1.29 is 0 Å². The van der Waals surface area contributed by atoms with Crippen molar-refractivity contribution >= 4 is 11.6 Å². The average Bonchev–Trinajstić information content (AvgIpc) is 2.81. The van der Waals surface area contributed by atoms with E-state index in [-0.39, 0.29) is 0 Å². The quantitative estimate of drug-likeness (QED) is 0.817. The number of hydrogen-bond acceptors (Lipinski definition) is 2. The van der Waals surface area contributed by atoms with E-state index in [0.29, 0.717) is 6.04 Å². The van der Waals surface area contributed by atoms with Gasteiger partial charge in [0.25, 0.3) is 0 Å². The van der Waals surface area contributed by atoms with Crippen LogP contribution in [0.15, 0.2) is 0 Å². The first-order chi connectivity index (χ1) is 10.2. The molecule has 4 heteroatoms. The van der Waals surface area contributed by atoms with Crippen LogP contribution in [0.25, 0.3) is 0 Å². The fraction of sp³-hybridized carbons (Fsp3) is 0.824. The van der Waals surface area contributed by atoms with Crippen LogP contribution in [0.1, 0.15) is 64.3 Å². The van der Waals surface area contributed by atoms with E-state index < -0.39 is 0 Å². The van der Waals surface area contributed by atoms with Crippen LogP contribution < -0.4 is 5.32 Å². The summed E-state index contributed by atoms with van der Waals surface area (Å²) in [5.41, 5.74) is 2.32. The molecule has 1 N–H and O–H groups in total. The van der Waals surface area contributed by atoms with E-state index in [2.05, 4.69) is 35.9 Å². The number of aromatic nitrogens is 2. The minimum absolute atomic E-state index is 0.700. The lowest BCUT2D eigenvalue weighted by Crippen LogP contribution is -2.35. The van der Waals surface area contributed by atoms with Crippen molar-refractivity contribution in [3.05, 3.63) is 16.4 Å². The number of nitrogens with one attached hydrogen (secondary N) is 1. The van der Waals surface area contributed by atoms with Crippen LogP contribution in [0.5, 0.6) is 0 Å². The van der Waals surface area contributed by atoms with E-state index in [4.69, 9.17) is 11.6 Å². The Bertz CT molecular complexity index is 441. The zero-order valence-corrected chi connectivity index (χ0v) is 14.5. The van der Waals surface area contributed by atoms with Gasteiger partial charge in [-0.2, -0.15) is 5.10 Å². The van der Waals surface area contributed by atoms with Crippen LogP contribution in [-0.4, -0.2) is 22.4 Å². The molecule has 0 amide bonds. The average molecular weight is 312 g/mol. The first-order valence-corrected chi connectivity index (χ1v) is 9.04. The van der Waals surface area contributed by atoms with Gasteiger partial charge in [0.05, 0.1) is 16.4 Å². The van der Waals surface area contributed by atoms with Crippen LogP contribution in [-0.2, 0) is 19.4 Å². The van der Waals surface area contributed by atoms with Crippen LogP contribution in [0.2, 0.25) is 5.02 Å². The first-order valence-electron chi connectivity index (χ1n) is 8.66. The highest BCUT2D eigenvalue weighted by Gasteiger charge is 2.24. The highest BCUT2D eigenvalue weighted by atomic mass is 35.5. The molecule has 0 aliphatic heterocycles. The topological polar surface area (TPSA) is 29.9 Å². The minimum atomic E-state index is 0.700. The molecule has 0 spiro atoms. The van der Waals surface area contributed by atoms with Gasteiger partial charge in [0.15, 0.2) is 0 Å². The van der Waals surface area contributed by atoms with Gasteiger partial charge in [-0.25, -0.2) is 0 Å². The molecule has 2 rings (SSSR count). The van der Waals surface area contributed by atoms with Gasteiger partial charge in [0, 0.05) is 12.6 Å². The van der Waals surface area contributed by atoms with Crippen molar-refractivity contribution in [2.24, 2.45) is 5.92 Å². The Morgan fingerprint density at radius 1 is 1.29 bits per heavy atom. The second-order valence-electron chi connectivity index (χ2n) is 6.26. The fourth-order valence-electron chi connectivity index (χ4n) is 3.50. The third-order valence-electron chi connectivity index (χ3n) is 4.64. The van der Waals surface area contributed by atoms with E-state index >= 15 is 0 Å². The molecule has 120 valence electrons. The standard InChI is InChI=1S/C17H30ClN3/c1-4-10-19-14-9-7-8-13(11-14)12-16-17(18)15(5-2)20-21(16)6-3/h13-14,19H,4-12H2,1-3H3. The molecular formula is C17H30ClN3. The molecular weight excluding hydrogens is 282 g/mol. The number of nitrogens with zero attached hydrogens (tertiary/aromatic N) is 2. The normalized spacial score (nSPS) is 22.7. The highest BCUT2D eigenvalue weighted by Crippen LogP contribution is 2.31. The Balaban J connectivity index is 2.02. The first kappa shape index (κ1) is 16.8. The largest absolute Gasteiger partial charge is 0.314 e. The van der Waals surface area contributed by atoms with Crippen molar-refractivity contribution in [3.63, 3.8) is 0 Å². The van der Waals surface area contributed by atoms with Gasteiger partial charge >= 0.3 is 0 Å². The molecule has 2 unspecified atom stereocenters. The maximum atomic E-state index is 6.55. The molecule has 21 heavy (non-hydrogen) atoms. The smallest absolute Gasteiger partial charge is 0.0849 e. The van der Waals surface area contributed by atoms with E-state index in [9.17, 15) is 0 Å². The maximum absolute atomic E-state index is 6.55. The Hall–Kier alpha value is -0.540. The highest BCUT2D eigenvalue weighted by molar-refractivity contribution is 6.31. The van der Waals surface area contributed by atoms with Crippen LogP contribution in [0, 0.1) is 5.92 Å². The van der Waals surface area contributed by atoms with Crippen molar-refractivity contribution in [1.29, 1.82) is 0 Å². The summed E-state index contributed by atoms with van der Waals surface area (Å²) in [5.74, 6) is 0.748. The van der Waals surface area contributed by atoms with Gasteiger partial charge in [0.1, 0.15) is 0 Å². The number of aryl methyl sites for hydroxylation is 2. The molecule has 1 saturated carbocycles. The third kappa shape index (κ3) is 4.23. The molecule has 1 aliphatic rings. The molecule has 2 atom stereocenters. The van der Waals surface area contributed by atoms with Gasteiger partial charge in [-0.1, -0.05) is 31.9 Å². The predicted molar refractivity (Wildman–Crippen MR) is 90.0 cm³/mol. The van der Waals surface area contributed by atoms with Crippen molar-refractivity contribution in [2.75, 3.05) is 6.54 Å². The SMILES string of the molecule is CCCNC1CCCC(Cc2c(Cl)c(CC)nn2CC)C1. The summed E-state index contributed by atoms with van der Waals surface area (Å²) in [4.78, 5) is 0. The van der Waals surface area contributed by atoms with Gasteiger partial charge in [-0.3, -0.25) is 4.68 Å². The van der Waals surface area contributed by atoms with E-state index in [1.807, 2.05) is 0 Å². The van der Waals surface area contributed by atoms with Gasteiger partial charge in [0.2, 0.25) is 0 Å². The van der Waals surface area contributed by atoms with Gasteiger partial charge < -0.3 is 5.32 Å². The maximum Gasteiger partial charge on any atom is 0.0849 e. The Kier molecular flexibility index (Phi) is 6.56. The number of halogens is 1.